The molecule has 1 fully saturated rings. The predicted octanol–water partition coefficient (Wildman–Crippen LogP) is 2.28. The number of nitro benzene ring substituents is 1. The number of hydrogen-bond donors (Lipinski definition) is 2. The van der Waals surface area contributed by atoms with E-state index < -0.39 is 20.7 Å². The summed E-state index contributed by atoms with van der Waals surface area (Å²) < 4.78 is 26.1. The van der Waals surface area contributed by atoms with Gasteiger partial charge in [0.1, 0.15) is 5.69 Å². The van der Waals surface area contributed by atoms with Crippen molar-refractivity contribution >= 4 is 27.1 Å². The molecule has 0 atom stereocenters. The largest absolute Gasteiger partial charge is 0.379 e. The van der Waals surface area contributed by atoms with Crippen LogP contribution in [-0.4, -0.2) is 50.8 Å². The van der Waals surface area contributed by atoms with Crippen molar-refractivity contribution in [2.24, 2.45) is 11.7 Å². The molecule has 1 aliphatic heterocycles. The van der Waals surface area contributed by atoms with Crippen molar-refractivity contribution in [3.8, 4) is 0 Å². The van der Waals surface area contributed by atoms with Gasteiger partial charge in [-0.25, -0.2) is 8.42 Å². The summed E-state index contributed by atoms with van der Waals surface area (Å²) in [7, 11) is -2.11. The molecule has 3 N–H and O–H groups in total. The van der Waals surface area contributed by atoms with E-state index in [4.69, 9.17) is 5.73 Å². The molecule has 160 valence electrons. The second kappa shape index (κ2) is 8.80. The molecule has 0 bridgehead atoms. The summed E-state index contributed by atoms with van der Waals surface area (Å²) in [5.74, 6) is -0.494. The molecule has 9 nitrogen and oxygen atoms in total. The molecule has 1 heterocycles. The van der Waals surface area contributed by atoms with Crippen LogP contribution in [0.2, 0.25) is 0 Å². The number of nitro groups is 1. The number of nitrogens with one attached hydrogen (secondary N) is 1. The van der Waals surface area contributed by atoms with Crippen molar-refractivity contribution in [2.75, 3.05) is 32.0 Å². The van der Waals surface area contributed by atoms with E-state index in [1.807, 2.05) is 0 Å². The number of sulfone groups is 1. The number of likely N-dealkylation sites (tertiary alicyclic amines) is 1. The molecule has 0 spiro atoms. The maximum atomic E-state index is 13.0. The van der Waals surface area contributed by atoms with Crippen LogP contribution in [-0.2, 0) is 9.84 Å². The Morgan fingerprint density at radius 3 is 2.53 bits per heavy atom. The van der Waals surface area contributed by atoms with Crippen LogP contribution in [0.4, 0.5) is 11.4 Å². The van der Waals surface area contributed by atoms with Crippen molar-refractivity contribution in [3.63, 3.8) is 0 Å². The highest BCUT2D eigenvalue weighted by molar-refractivity contribution is 7.91. The average Bonchev–Trinajstić information content (AvgIpc) is 2.73. The van der Waals surface area contributed by atoms with Crippen LogP contribution in [0.25, 0.3) is 0 Å². The number of benzene rings is 2. The van der Waals surface area contributed by atoms with Crippen LogP contribution in [0.5, 0.6) is 0 Å². The van der Waals surface area contributed by atoms with Crippen molar-refractivity contribution in [2.45, 2.75) is 22.6 Å². The molecule has 2 aromatic rings. The highest BCUT2D eigenvalue weighted by Gasteiger charge is 2.27. The van der Waals surface area contributed by atoms with Crippen molar-refractivity contribution < 1.29 is 18.1 Å². The van der Waals surface area contributed by atoms with Gasteiger partial charge in [0.2, 0.25) is 15.7 Å². The molecular weight excluding hydrogens is 408 g/mol. The Kier molecular flexibility index (Phi) is 6.37. The second-order valence-corrected chi connectivity index (χ2v) is 9.35. The van der Waals surface area contributed by atoms with E-state index in [1.54, 1.807) is 0 Å². The fourth-order valence-corrected chi connectivity index (χ4v) is 5.01. The molecule has 2 aromatic carbocycles. The number of amides is 1. The standard InChI is InChI=1S/C20H24N4O5S/c1-23-10-8-14(9-11-23)13-22-17-7-6-15(12-18(17)24(26)27)30(28,29)19-5-3-2-4-16(19)20(21)25/h2-7,12,14,22H,8-11,13H2,1H3,(H2,21,25). The van der Waals surface area contributed by atoms with Crippen LogP contribution in [0.15, 0.2) is 52.3 Å². The summed E-state index contributed by atoms with van der Waals surface area (Å²) >= 11 is 0. The minimum Gasteiger partial charge on any atom is -0.379 e. The van der Waals surface area contributed by atoms with Crippen molar-refractivity contribution in [1.29, 1.82) is 0 Å². The first-order valence-electron chi connectivity index (χ1n) is 9.55. The zero-order chi connectivity index (χ0) is 21.9. The van der Waals surface area contributed by atoms with Crippen LogP contribution < -0.4 is 11.1 Å². The molecule has 0 unspecified atom stereocenters. The first-order chi connectivity index (χ1) is 14.2. The highest BCUT2D eigenvalue weighted by atomic mass is 32.2. The third-order valence-corrected chi connectivity index (χ3v) is 7.15. The number of carbonyl (C=O) groups excluding carboxylic acids is 1. The second-order valence-electron chi connectivity index (χ2n) is 7.43. The number of anilines is 1. The van der Waals surface area contributed by atoms with E-state index in [1.165, 1.54) is 36.4 Å². The average molecular weight is 433 g/mol. The summed E-state index contributed by atoms with van der Waals surface area (Å²) in [4.78, 5) is 24.3. The van der Waals surface area contributed by atoms with Crippen LogP contribution in [0, 0.1) is 16.0 Å². The lowest BCUT2D eigenvalue weighted by Gasteiger charge is -2.29. The predicted molar refractivity (Wildman–Crippen MR) is 112 cm³/mol. The minimum atomic E-state index is -4.17. The Hall–Kier alpha value is -2.98. The molecule has 3 rings (SSSR count). The third kappa shape index (κ3) is 4.60. The van der Waals surface area contributed by atoms with Gasteiger partial charge in [-0.1, -0.05) is 12.1 Å². The Morgan fingerprint density at radius 1 is 1.23 bits per heavy atom. The molecule has 0 aromatic heterocycles. The maximum Gasteiger partial charge on any atom is 0.293 e. The van der Waals surface area contributed by atoms with Gasteiger partial charge < -0.3 is 16.0 Å². The highest BCUT2D eigenvalue weighted by Crippen LogP contribution is 2.32. The Labute approximate surface area is 174 Å². The lowest BCUT2D eigenvalue weighted by Crippen LogP contribution is -2.33. The van der Waals surface area contributed by atoms with Crippen molar-refractivity contribution in [1.82, 2.24) is 4.90 Å². The monoisotopic (exact) mass is 432 g/mol. The Morgan fingerprint density at radius 2 is 1.90 bits per heavy atom. The van der Waals surface area contributed by atoms with E-state index in [0.717, 1.165) is 32.0 Å². The van der Waals surface area contributed by atoms with Gasteiger partial charge in [-0.15, -0.1) is 0 Å². The lowest BCUT2D eigenvalue weighted by molar-refractivity contribution is -0.384. The number of nitrogens with two attached hydrogens (primary N) is 1. The van der Waals surface area contributed by atoms with Crippen LogP contribution in [0.3, 0.4) is 0 Å². The molecule has 10 heteroatoms. The fourth-order valence-electron chi connectivity index (χ4n) is 3.53. The normalized spacial score (nSPS) is 15.6. The number of primary amides is 1. The fraction of sp³-hybridized carbons (Fsp3) is 0.350. The molecule has 0 aliphatic carbocycles. The zero-order valence-corrected chi connectivity index (χ0v) is 17.4. The van der Waals surface area contributed by atoms with E-state index in [2.05, 4.69) is 17.3 Å². The van der Waals surface area contributed by atoms with Crippen molar-refractivity contribution in [3.05, 3.63) is 58.1 Å². The SMILES string of the molecule is CN1CCC(CNc2ccc(S(=O)(=O)c3ccccc3C(N)=O)cc2[N+](=O)[O-])CC1. The Balaban J connectivity index is 1.90. The van der Waals surface area contributed by atoms with Gasteiger partial charge in [0.05, 0.1) is 20.3 Å². The van der Waals surface area contributed by atoms with Gasteiger partial charge in [0, 0.05) is 12.6 Å². The minimum absolute atomic E-state index is 0.162. The molecule has 0 radical (unpaired) electrons. The molecule has 30 heavy (non-hydrogen) atoms. The number of hydrogen-bond acceptors (Lipinski definition) is 7. The van der Waals surface area contributed by atoms with Gasteiger partial charge >= 0.3 is 0 Å². The summed E-state index contributed by atoms with van der Waals surface area (Å²) in [5, 5.41) is 14.7. The maximum absolute atomic E-state index is 13.0. The van der Waals surface area contributed by atoms with Gasteiger partial charge in [-0.3, -0.25) is 14.9 Å². The molecule has 1 aliphatic rings. The van der Waals surface area contributed by atoms with Crippen LogP contribution >= 0.6 is 0 Å². The number of rotatable bonds is 7. The quantitative estimate of drug-likeness (QED) is 0.506. The number of nitrogens with zero attached hydrogens (tertiary/aromatic N) is 2. The van der Waals surface area contributed by atoms with Gasteiger partial charge in [-0.05, 0) is 63.2 Å². The lowest BCUT2D eigenvalue weighted by atomic mass is 9.97. The summed E-state index contributed by atoms with van der Waals surface area (Å²) in [6.45, 7) is 2.53. The first-order valence-corrected chi connectivity index (χ1v) is 11.0. The number of carbonyl (C=O) groups is 1. The molecule has 0 saturated carbocycles. The number of piperidine rings is 1. The molecular formula is C20H24N4O5S. The molecule has 1 saturated heterocycles. The smallest absolute Gasteiger partial charge is 0.293 e. The Bertz CT molecular complexity index is 1060. The van der Waals surface area contributed by atoms with Gasteiger partial charge in [-0.2, -0.15) is 0 Å². The van der Waals surface area contributed by atoms with E-state index in [9.17, 15) is 23.3 Å². The zero-order valence-electron chi connectivity index (χ0n) is 16.6. The topological polar surface area (TPSA) is 136 Å². The van der Waals surface area contributed by atoms with E-state index in [0.29, 0.717) is 12.5 Å². The summed E-state index contributed by atoms with van der Waals surface area (Å²) in [6.07, 6.45) is 1.99. The summed E-state index contributed by atoms with van der Waals surface area (Å²) in [5.41, 5.74) is 5.06. The van der Waals surface area contributed by atoms with Crippen LogP contribution in [0.1, 0.15) is 23.2 Å². The van der Waals surface area contributed by atoms with Gasteiger partial charge in [0.25, 0.3) is 5.69 Å². The first kappa shape index (κ1) is 21.7. The van der Waals surface area contributed by atoms with E-state index >= 15 is 0 Å². The third-order valence-electron chi connectivity index (χ3n) is 5.34. The van der Waals surface area contributed by atoms with Gasteiger partial charge in [0.15, 0.2) is 0 Å². The van der Waals surface area contributed by atoms with E-state index in [-0.39, 0.29) is 26.7 Å². The summed E-state index contributed by atoms with van der Waals surface area (Å²) in [6, 6.07) is 9.24. The molecule has 1 amide bonds.